The van der Waals surface area contributed by atoms with Crippen molar-refractivity contribution in [3.05, 3.63) is 17.1 Å². The molecule has 0 spiro atoms. The Labute approximate surface area is 147 Å². The van der Waals surface area contributed by atoms with E-state index in [0.717, 1.165) is 0 Å². The van der Waals surface area contributed by atoms with E-state index in [0.29, 0.717) is 0 Å². The van der Waals surface area contributed by atoms with E-state index in [2.05, 4.69) is 0 Å². The molecule has 8 nitrogen and oxygen atoms in total. The fourth-order valence-corrected chi connectivity index (χ4v) is 4.75. The average molecular weight is 372 g/mol. The first-order chi connectivity index (χ1) is 11.4. The minimum Gasteiger partial charge on any atom is -0.478 e. The highest BCUT2D eigenvalue weighted by Crippen LogP contribution is 2.30. The molecule has 1 aromatic rings. The molecule has 1 N–H and O–H groups in total. The van der Waals surface area contributed by atoms with Crippen molar-refractivity contribution in [2.24, 2.45) is 5.41 Å². The molecule has 1 amide bonds. The summed E-state index contributed by atoms with van der Waals surface area (Å²) >= 11 is 0. The number of furan rings is 1. The number of aryl methyl sites for hydroxylation is 2. The molecule has 140 valence electrons. The zero-order chi connectivity index (χ0) is 19.2. The number of hydrogen-bond donors (Lipinski definition) is 1. The van der Waals surface area contributed by atoms with Crippen molar-refractivity contribution in [3.8, 4) is 0 Å². The molecular weight excluding hydrogens is 348 g/mol. The quantitative estimate of drug-likeness (QED) is 0.861. The second-order valence-electron chi connectivity index (χ2n) is 7.17. The first kappa shape index (κ1) is 19.5. The summed E-state index contributed by atoms with van der Waals surface area (Å²) in [5.41, 5.74) is -0.860. The van der Waals surface area contributed by atoms with Crippen LogP contribution in [0.4, 0.5) is 0 Å². The van der Waals surface area contributed by atoms with Gasteiger partial charge >= 0.3 is 5.97 Å². The van der Waals surface area contributed by atoms with Crippen LogP contribution in [-0.2, 0) is 14.8 Å². The molecule has 1 fully saturated rings. The van der Waals surface area contributed by atoms with Gasteiger partial charge in [-0.2, -0.15) is 4.31 Å². The lowest BCUT2D eigenvalue weighted by Gasteiger charge is -2.37. The van der Waals surface area contributed by atoms with E-state index < -0.39 is 21.4 Å². The summed E-state index contributed by atoms with van der Waals surface area (Å²) in [6, 6.07) is 0. The summed E-state index contributed by atoms with van der Waals surface area (Å²) in [6.45, 7) is 9.09. The maximum atomic E-state index is 12.9. The standard InChI is InChI=1S/C16H24N2O6S/c1-10-12(14(19)20)13(11(2)24-10)25(22,23)18-8-6-17(7-9-18)15(21)16(3,4)5/h6-9H2,1-5H3,(H,19,20). The third kappa shape index (κ3) is 3.57. The SMILES string of the molecule is Cc1oc(C)c(S(=O)(=O)N2CCN(C(=O)C(C)(C)C)CC2)c1C(=O)O. The van der Waals surface area contributed by atoms with E-state index in [1.807, 2.05) is 20.8 Å². The Morgan fingerprint density at radius 3 is 2.00 bits per heavy atom. The number of carboxylic acid groups (broad SMARTS) is 1. The van der Waals surface area contributed by atoms with Crippen LogP contribution in [0.3, 0.4) is 0 Å². The van der Waals surface area contributed by atoms with Crippen LogP contribution in [0.25, 0.3) is 0 Å². The molecule has 0 atom stereocenters. The van der Waals surface area contributed by atoms with E-state index in [1.165, 1.54) is 18.2 Å². The number of aromatic carboxylic acids is 1. The van der Waals surface area contributed by atoms with E-state index in [1.54, 1.807) is 4.90 Å². The van der Waals surface area contributed by atoms with Crippen LogP contribution >= 0.6 is 0 Å². The zero-order valence-electron chi connectivity index (χ0n) is 15.1. The van der Waals surface area contributed by atoms with Crippen LogP contribution < -0.4 is 0 Å². The summed E-state index contributed by atoms with van der Waals surface area (Å²) in [5.74, 6) is -1.26. The van der Waals surface area contributed by atoms with Crippen LogP contribution in [0.2, 0.25) is 0 Å². The van der Waals surface area contributed by atoms with Crippen molar-refractivity contribution in [3.63, 3.8) is 0 Å². The van der Waals surface area contributed by atoms with Gasteiger partial charge < -0.3 is 14.4 Å². The van der Waals surface area contributed by atoms with Gasteiger partial charge in [-0.1, -0.05) is 20.8 Å². The Balaban J connectivity index is 2.27. The molecule has 1 aromatic heterocycles. The summed E-state index contributed by atoms with van der Waals surface area (Å²) in [7, 11) is -4.01. The van der Waals surface area contributed by atoms with Crippen molar-refractivity contribution in [2.75, 3.05) is 26.2 Å². The van der Waals surface area contributed by atoms with Gasteiger partial charge in [0.25, 0.3) is 0 Å². The van der Waals surface area contributed by atoms with Crippen LogP contribution in [0.5, 0.6) is 0 Å². The largest absolute Gasteiger partial charge is 0.478 e. The number of carbonyl (C=O) groups excluding carboxylic acids is 1. The normalized spacial score (nSPS) is 16.9. The summed E-state index contributed by atoms with van der Waals surface area (Å²) < 4.78 is 32.3. The Morgan fingerprint density at radius 2 is 1.56 bits per heavy atom. The van der Waals surface area contributed by atoms with Crippen LogP contribution in [0.1, 0.15) is 42.6 Å². The van der Waals surface area contributed by atoms with Gasteiger partial charge in [0.2, 0.25) is 15.9 Å². The Hall–Kier alpha value is -1.87. The molecule has 0 radical (unpaired) electrons. The van der Waals surface area contributed by atoms with Crippen molar-refractivity contribution in [1.82, 2.24) is 9.21 Å². The molecule has 1 saturated heterocycles. The molecule has 0 saturated carbocycles. The predicted molar refractivity (Wildman–Crippen MR) is 89.9 cm³/mol. The number of carbonyl (C=O) groups is 2. The summed E-state index contributed by atoms with van der Waals surface area (Å²) in [5, 5.41) is 9.33. The highest BCUT2D eigenvalue weighted by Gasteiger charge is 2.38. The minimum atomic E-state index is -4.01. The van der Waals surface area contributed by atoms with Crippen LogP contribution in [-0.4, -0.2) is 60.8 Å². The minimum absolute atomic E-state index is 0.0360. The first-order valence-corrected chi connectivity index (χ1v) is 9.44. The van der Waals surface area contributed by atoms with Crippen molar-refractivity contribution < 1.29 is 27.5 Å². The number of hydrogen-bond acceptors (Lipinski definition) is 5. The topological polar surface area (TPSA) is 108 Å². The maximum absolute atomic E-state index is 12.9. The van der Waals surface area contributed by atoms with E-state index in [9.17, 15) is 23.1 Å². The first-order valence-electron chi connectivity index (χ1n) is 8.00. The zero-order valence-corrected chi connectivity index (χ0v) is 15.9. The highest BCUT2D eigenvalue weighted by atomic mass is 32.2. The molecule has 1 aliphatic heterocycles. The second-order valence-corrected chi connectivity index (χ2v) is 9.04. The van der Waals surface area contributed by atoms with Gasteiger partial charge in [0.05, 0.1) is 0 Å². The van der Waals surface area contributed by atoms with Crippen LogP contribution in [0, 0.1) is 19.3 Å². The summed E-state index contributed by atoms with van der Waals surface area (Å²) in [4.78, 5) is 25.1. The van der Waals surface area contributed by atoms with Gasteiger partial charge in [0.1, 0.15) is 22.0 Å². The molecule has 0 bridgehead atoms. The highest BCUT2D eigenvalue weighted by molar-refractivity contribution is 7.89. The van der Waals surface area contributed by atoms with Gasteiger partial charge in [-0.15, -0.1) is 0 Å². The molecule has 25 heavy (non-hydrogen) atoms. The number of carboxylic acids is 1. The molecule has 0 aromatic carbocycles. The van der Waals surface area contributed by atoms with Gasteiger partial charge in [-0.25, -0.2) is 13.2 Å². The van der Waals surface area contributed by atoms with Gasteiger partial charge in [-0.05, 0) is 13.8 Å². The number of amides is 1. The monoisotopic (exact) mass is 372 g/mol. The smallest absolute Gasteiger partial charge is 0.340 e. The average Bonchev–Trinajstić information content (AvgIpc) is 2.81. The predicted octanol–water partition coefficient (Wildman–Crippen LogP) is 1.47. The molecule has 0 aliphatic carbocycles. The molecule has 9 heteroatoms. The fraction of sp³-hybridized carbons (Fsp3) is 0.625. The molecule has 0 unspecified atom stereocenters. The lowest BCUT2D eigenvalue weighted by molar-refractivity contribution is -0.140. The fourth-order valence-electron chi connectivity index (χ4n) is 2.96. The number of rotatable bonds is 3. The molecule has 2 heterocycles. The summed E-state index contributed by atoms with van der Waals surface area (Å²) in [6.07, 6.45) is 0. The maximum Gasteiger partial charge on any atom is 0.340 e. The second kappa shape index (κ2) is 6.45. The van der Waals surface area contributed by atoms with E-state index in [-0.39, 0.29) is 54.1 Å². The van der Waals surface area contributed by atoms with Crippen LogP contribution in [0.15, 0.2) is 9.31 Å². The number of nitrogens with zero attached hydrogens (tertiary/aromatic N) is 2. The third-order valence-electron chi connectivity index (χ3n) is 4.18. The molecular formula is C16H24N2O6S. The van der Waals surface area contributed by atoms with Gasteiger partial charge in [0, 0.05) is 31.6 Å². The third-order valence-corrected chi connectivity index (χ3v) is 6.24. The van der Waals surface area contributed by atoms with Gasteiger partial charge in [-0.3, -0.25) is 4.79 Å². The molecule has 2 rings (SSSR count). The van der Waals surface area contributed by atoms with Crippen molar-refractivity contribution in [1.29, 1.82) is 0 Å². The number of piperazine rings is 1. The molecule has 1 aliphatic rings. The Bertz CT molecular complexity index is 795. The van der Waals surface area contributed by atoms with E-state index in [4.69, 9.17) is 4.42 Å². The van der Waals surface area contributed by atoms with Crippen molar-refractivity contribution >= 4 is 21.9 Å². The lowest BCUT2D eigenvalue weighted by atomic mass is 9.94. The van der Waals surface area contributed by atoms with Crippen molar-refractivity contribution in [2.45, 2.75) is 39.5 Å². The Morgan fingerprint density at radius 1 is 1.04 bits per heavy atom. The Kier molecular flexibility index (Phi) is 5.02. The van der Waals surface area contributed by atoms with Gasteiger partial charge in [0.15, 0.2) is 0 Å². The number of sulfonamides is 1. The van der Waals surface area contributed by atoms with E-state index >= 15 is 0 Å². The lowest BCUT2D eigenvalue weighted by Crippen LogP contribution is -2.53.